The average Bonchev–Trinajstić information content (AvgIpc) is 2.77. The molecule has 2 N–H and O–H groups in total. The highest BCUT2D eigenvalue weighted by atomic mass is 16.5. The first-order valence-corrected chi connectivity index (χ1v) is 9.73. The Morgan fingerprint density at radius 3 is 2.67 bits per heavy atom. The standard InChI is InChI=1S/C21H27N5O4/c1-25(2)21-23-12-16(14-4-6-15(7-5-14)20(22)28)19(24-21)17-13-26(9-11-30-17)18(27)8-10-29-3/h4-7,12,17H,8-11,13H2,1-3H3,(H2,22,28)/t17-/m0/s1. The molecule has 1 atom stereocenters. The molecular formula is C21H27N5O4. The first-order valence-electron chi connectivity index (χ1n) is 9.73. The van der Waals surface area contributed by atoms with Crippen LogP contribution in [0, 0.1) is 0 Å². The predicted molar refractivity (Wildman–Crippen MR) is 112 cm³/mol. The molecule has 9 nitrogen and oxygen atoms in total. The van der Waals surface area contributed by atoms with Crippen molar-refractivity contribution in [3.63, 3.8) is 0 Å². The van der Waals surface area contributed by atoms with Crippen molar-refractivity contribution in [2.45, 2.75) is 12.5 Å². The minimum absolute atomic E-state index is 0.0272. The van der Waals surface area contributed by atoms with Crippen LogP contribution in [-0.2, 0) is 14.3 Å². The lowest BCUT2D eigenvalue weighted by Gasteiger charge is -2.33. The number of ether oxygens (including phenoxy) is 2. The van der Waals surface area contributed by atoms with Crippen molar-refractivity contribution in [1.29, 1.82) is 0 Å². The SMILES string of the molecule is COCCC(=O)N1CCO[C@H](c2nc(N(C)C)ncc2-c2ccc(C(N)=O)cc2)C1. The van der Waals surface area contributed by atoms with Gasteiger partial charge in [-0.15, -0.1) is 0 Å². The zero-order valence-corrected chi connectivity index (χ0v) is 17.5. The summed E-state index contributed by atoms with van der Waals surface area (Å²) in [6.07, 6.45) is 1.68. The molecule has 9 heteroatoms. The molecule has 2 heterocycles. The van der Waals surface area contributed by atoms with Gasteiger partial charge in [-0.25, -0.2) is 9.97 Å². The molecule has 0 aliphatic carbocycles. The number of methoxy groups -OCH3 is 1. The maximum absolute atomic E-state index is 12.5. The Bertz CT molecular complexity index is 901. The molecule has 0 radical (unpaired) electrons. The van der Waals surface area contributed by atoms with Crippen LogP contribution in [0.1, 0.15) is 28.6 Å². The van der Waals surface area contributed by atoms with Gasteiger partial charge in [-0.2, -0.15) is 0 Å². The van der Waals surface area contributed by atoms with Crippen LogP contribution in [0.4, 0.5) is 5.95 Å². The van der Waals surface area contributed by atoms with Gasteiger partial charge in [0, 0.05) is 45.1 Å². The topological polar surface area (TPSA) is 111 Å². The minimum Gasteiger partial charge on any atom is -0.384 e. The summed E-state index contributed by atoms with van der Waals surface area (Å²) in [5, 5.41) is 0. The molecule has 3 rings (SSSR count). The van der Waals surface area contributed by atoms with Crippen molar-refractivity contribution in [2.75, 3.05) is 52.4 Å². The molecule has 1 aliphatic heterocycles. The molecule has 160 valence electrons. The molecule has 0 bridgehead atoms. The van der Waals surface area contributed by atoms with Gasteiger partial charge in [0.05, 0.1) is 31.9 Å². The number of anilines is 1. The number of morpholine rings is 1. The van der Waals surface area contributed by atoms with E-state index in [1.54, 1.807) is 30.3 Å². The Morgan fingerprint density at radius 2 is 2.03 bits per heavy atom. The van der Waals surface area contributed by atoms with Crippen LogP contribution in [0.5, 0.6) is 0 Å². The van der Waals surface area contributed by atoms with Crippen molar-refractivity contribution in [3.05, 3.63) is 41.7 Å². The van der Waals surface area contributed by atoms with E-state index in [-0.39, 0.29) is 5.91 Å². The third kappa shape index (κ3) is 4.92. The number of carbonyl (C=O) groups is 2. The number of aromatic nitrogens is 2. The highest BCUT2D eigenvalue weighted by Gasteiger charge is 2.29. The van der Waals surface area contributed by atoms with Gasteiger partial charge in [-0.1, -0.05) is 12.1 Å². The fourth-order valence-corrected chi connectivity index (χ4v) is 3.27. The lowest BCUT2D eigenvalue weighted by Crippen LogP contribution is -2.43. The molecule has 0 unspecified atom stereocenters. The lowest BCUT2D eigenvalue weighted by atomic mass is 10.00. The monoisotopic (exact) mass is 413 g/mol. The Balaban J connectivity index is 1.94. The summed E-state index contributed by atoms with van der Waals surface area (Å²) in [5.74, 6) is 0.0927. The summed E-state index contributed by atoms with van der Waals surface area (Å²) in [7, 11) is 5.31. The minimum atomic E-state index is -0.484. The predicted octanol–water partition coefficient (Wildman–Crippen LogP) is 1.24. The number of hydrogen-bond donors (Lipinski definition) is 1. The van der Waals surface area contributed by atoms with E-state index in [2.05, 4.69) is 4.98 Å². The molecule has 1 aliphatic rings. The molecule has 30 heavy (non-hydrogen) atoms. The van der Waals surface area contributed by atoms with Gasteiger partial charge in [0.25, 0.3) is 0 Å². The van der Waals surface area contributed by atoms with E-state index < -0.39 is 12.0 Å². The highest BCUT2D eigenvalue weighted by Crippen LogP contribution is 2.31. The van der Waals surface area contributed by atoms with Crippen molar-refractivity contribution >= 4 is 17.8 Å². The van der Waals surface area contributed by atoms with Crippen LogP contribution < -0.4 is 10.6 Å². The third-order valence-corrected chi connectivity index (χ3v) is 4.93. The van der Waals surface area contributed by atoms with Crippen molar-refractivity contribution in [3.8, 4) is 11.1 Å². The van der Waals surface area contributed by atoms with Crippen molar-refractivity contribution in [1.82, 2.24) is 14.9 Å². The Hall–Kier alpha value is -3.04. The zero-order valence-electron chi connectivity index (χ0n) is 17.5. The third-order valence-electron chi connectivity index (χ3n) is 4.93. The first-order chi connectivity index (χ1) is 14.4. The van der Waals surface area contributed by atoms with Crippen LogP contribution in [0.2, 0.25) is 0 Å². The smallest absolute Gasteiger partial charge is 0.248 e. The molecule has 1 saturated heterocycles. The van der Waals surface area contributed by atoms with E-state index in [0.29, 0.717) is 49.9 Å². The summed E-state index contributed by atoms with van der Waals surface area (Å²) in [4.78, 5) is 36.6. The van der Waals surface area contributed by atoms with Crippen LogP contribution in [-0.4, -0.2) is 74.2 Å². The molecule has 1 aromatic carbocycles. The fourth-order valence-electron chi connectivity index (χ4n) is 3.27. The van der Waals surface area contributed by atoms with Gasteiger partial charge in [0.1, 0.15) is 6.10 Å². The highest BCUT2D eigenvalue weighted by molar-refractivity contribution is 5.93. The molecule has 2 aromatic rings. The van der Waals surface area contributed by atoms with Gasteiger partial charge in [-0.3, -0.25) is 9.59 Å². The molecule has 0 spiro atoms. The average molecular weight is 413 g/mol. The fraction of sp³-hybridized carbons (Fsp3) is 0.429. The van der Waals surface area contributed by atoms with E-state index in [1.807, 2.05) is 31.1 Å². The molecule has 1 aromatic heterocycles. The summed E-state index contributed by atoms with van der Waals surface area (Å²) in [6.45, 7) is 1.74. The van der Waals surface area contributed by atoms with Gasteiger partial charge in [0.15, 0.2) is 0 Å². The summed E-state index contributed by atoms with van der Waals surface area (Å²) in [6, 6.07) is 6.96. The number of amides is 2. The number of hydrogen-bond acceptors (Lipinski definition) is 7. The summed E-state index contributed by atoms with van der Waals surface area (Å²) >= 11 is 0. The Labute approximate surface area is 175 Å². The second-order valence-electron chi connectivity index (χ2n) is 7.25. The first kappa shape index (κ1) is 21.7. The number of benzene rings is 1. The maximum Gasteiger partial charge on any atom is 0.248 e. The van der Waals surface area contributed by atoms with Gasteiger partial charge < -0.3 is 25.0 Å². The molecule has 2 amide bonds. The van der Waals surface area contributed by atoms with Crippen LogP contribution in [0.3, 0.4) is 0 Å². The van der Waals surface area contributed by atoms with E-state index in [9.17, 15) is 9.59 Å². The van der Waals surface area contributed by atoms with Crippen LogP contribution in [0.25, 0.3) is 11.1 Å². The Kier molecular flexibility index (Phi) is 6.96. The van der Waals surface area contributed by atoms with Gasteiger partial charge >= 0.3 is 0 Å². The largest absolute Gasteiger partial charge is 0.384 e. The quantitative estimate of drug-likeness (QED) is 0.727. The normalized spacial score (nSPS) is 16.4. The molecule has 1 fully saturated rings. The number of carbonyl (C=O) groups excluding carboxylic acids is 2. The van der Waals surface area contributed by atoms with Gasteiger partial charge in [0.2, 0.25) is 17.8 Å². The van der Waals surface area contributed by atoms with E-state index >= 15 is 0 Å². The number of nitrogens with zero attached hydrogens (tertiary/aromatic N) is 4. The Morgan fingerprint density at radius 1 is 1.30 bits per heavy atom. The summed E-state index contributed by atoms with van der Waals surface area (Å²) < 4.78 is 11.0. The van der Waals surface area contributed by atoms with Crippen LogP contribution >= 0.6 is 0 Å². The van der Waals surface area contributed by atoms with E-state index in [1.165, 1.54) is 0 Å². The van der Waals surface area contributed by atoms with Crippen LogP contribution in [0.15, 0.2) is 30.5 Å². The maximum atomic E-state index is 12.5. The number of nitrogens with two attached hydrogens (primary N) is 1. The number of rotatable bonds is 7. The second kappa shape index (κ2) is 9.64. The summed E-state index contributed by atoms with van der Waals surface area (Å²) in [5.41, 5.74) is 8.09. The van der Waals surface area contributed by atoms with Gasteiger partial charge in [-0.05, 0) is 17.7 Å². The lowest BCUT2D eigenvalue weighted by molar-refractivity contribution is -0.140. The molecular weight excluding hydrogens is 386 g/mol. The molecule has 0 saturated carbocycles. The van der Waals surface area contributed by atoms with E-state index in [4.69, 9.17) is 20.2 Å². The number of primary amides is 1. The van der Waals surface area contributed by atoms with Crippen molar-refractivity contribution in [2.24, 2.45) is 5.73 Å². The van der Waals surface area contributed by atoms with Crippen molar-refractivity contribution < 1.29 is 19.1 Å². The zero-order chi connectivity index (χ0) is 21.7. The second-order valence-corrected chi connectivity index (χ2v) is 7.25. The van der Waals surface area contributed by atoms with E-state index in [0.717, 1.165) is 11.1 Å².